The molecule has 1 saturated carbocycles. The zero-order valence-corrected chi connectivity index (χ0v) is 14.8. The van der Waals surface area contributed by atoms with E-state index in [4.69, 9.17) is 4.74 Å². The summed E-state index contributed by atoms with van der Waals surface area (Å²) in [6.07, 6.45) is 7.08. The van der Waals surface area contributed by atoms with Gasteiger partial charge in [0.05, 0.1) is 12.2 Å². The molecule has 2 aliphatic heterocycles. The molecule has 1 saturated heterocycles. The van der Waals surface area contributed by atoms with E-state index in [1.54, 1.807) is 6.92 Å². The van der Waals surface area contributed by atoms with Gasteiger partial charge in [-0.25, -0.2) is 0 Å². The summed E-state index contributed by atoms with van der Waals surface area (Å²) in [6.45, 7) is 3.65. The highest BCUT2D eigenvalue weighted by molar-refractivity contribution is 5.96. The Morgan fingerprint density at radius 2 is 2.28 bits per heavy atom. The topological polar surface area (TPSA) is 61.8 Å². The number of ether oxygens (including phenoxy) is 1. The molecule has 5 heteroatoms. The average Bonchev–Trinajstić information content (AvgIpc) is 2.62. The first kappa shape index (κ1) is 15.5. The normalized spacial score (nSPS) is 32.9. The number of hydrogen-bond acceptors (Lipinski definition) is 4. The molecule has 3 atom stereocenters. The zero-order chi connectivity index (χ0) is 17.2. The van der Waals surface area contributed by atoms with Crippen LogP contribution in [-0.2, 0) is 16.6 Å². The number of anilines is 1. The fourth-order valence-corrected chi connectivity index (χ4v) is 6.11. The minimum atomic E-state index is 0.0266. The van der Waals surface area contributed by atoms with E-state index < -0.39 is 0 Å². The second kappa shape index (κ2) is 5.37. The minimum Gasteiger partial charge on any atom is -0.504 e. The summed E-state index contributed by atoms with van der Waals surface area (Å²) in [4.78, 5) is 14.1. The number of rotatable bonds is 0. The largest absolute Gasteiger partial charge is 0.504 e. The van der Waals surface area contributed by atoms with Crippen molar-refractivity contribution in [2.75, 3.05) is 24.6 Å². The molecule has 4 aliphatic rings. The van der Waals surface area contributed by atoms with Crippen LogP contribution in [-0.4, -0.2) is 36.8 Å². The number of carbonyl (C=O) groups excluding carboxylic acids is 1. The van der Waals surface area contributed by atoms with Crippen molar-refractivity contribution >= 4 is 11.6 Å². The van der Waals surface area contributed by atoms with Crippen molar-refractivity contribution in [3.63, 3.8) is 0 Å². The maximum atomic E-state index is 12.3. The van der Waals surface area contributed by atoms with Crippen LogP contribution in [0.2, 0.25) is 0 Å². The third-order valence-corrected chi connectivity index (χ3v) is 7.07. The molecule has 2 N–H and O–H groups in total. The minimum absolute atomic E-state index is 0.0266. The Kier molecular flexibility index (Phi) is 3.33. The standard InChI is InChI=1S/C20H26N2O3/c1-12(23)22-8-9-25-19-17(24)11-15-13(18(19)22)10-16-14-4-2-3-5-20(14,15)6-7-21-16/h11,14,16,21,24H,2-10H2,1H3. The third kappa shape index (κ3) is 2.02. The highest BCUT2D eigenvalue weighted by Crippen LogP contribution is 2.58. The van der Waals surface area contributed by atoms with E-state index in [9.17, 15) is 9.90 Å². The Morgan fingerprint density at radius 1 is 1.40 bits per heavy atom. The van der Waals surface area contributed by atoms with Crippen LogP contribution in [0.1, 0.15) is 50.2 Å². The Labute approximate surface area is 148 Å². The van der Waals surface area contributed by atoms with E-state index in [1.807, 2.05) is 11.0 Å². The molecule has 0 aromatic heterocycles. The molecule has 1 aromatic rings. The molecule has 5 rings (SSSR count). The average molecular weight is 342 g/mol. The predicted octanol–water partition coefficient (Wildman–Crippen LogP) is 2.48. The van der Waals surface area contributed by atoms with Gasteiger partial charge in [-0.1, -0.05) is 12.8 Å². The van der Waals surface area contributed by atoms with Crippen LogP contribution in [0, 0.1) is 5.92 Å². The SMILES string of the molecule is CC(=O)N1CCOc2c(O)cc3c(c21)CC1NCCC32CCCCC12. The summed E-state index contributed by atoms with van der Waals surface area (Å²) in [7, 11) is 0. The third-order valence-electron chi connectivity index (χ3n) is 7.07. The fourth-order valence-electron chi connectivity index (χ4n) is 6.11. The van der Waals surface area contributed by atoms with Crippen LogP contribution < -0.4 is 15.0 Å². The maximum absolute atomic E-state index is 12.3. The van der Waals surface area contributed by atoms with E-state index in [1.165, 1.54) is 36.8 Å². The lowest BCUT2D eigenvalue weighted by molar-refractivity contribution is -0.116. The van der Waals surface area contributed by atoms with Crippen LogP contribution in [0.3, 0.4) is 0 Å². The molecular formula is C20H26N2O3. The molecule has 2 fully saturated rings. The van der Waals surface area contributed by atoms with Crippen molar-refractivity contribution in [1.82, 2.24) is 5.32 Å². The molecule has 2 aliphatic carbocycles. The monoisotopic (exact) mass is 342 g/mol. The van der Waals surface area contributed by atoms with Crippen LogP contribution in [0.25, 0.3) is 0 Å². The van der Waals surface area contributed by atoms with Crippen LogP contribution in [0.4, 0.5) is 5.69 Å². The number of aromatic hydroxyl groups is 1. The molecular weight excluding hydrogens is 316 g/mol. The van der Waals surface area contributed by atoms with Gasteiger partial charge in [-0.2, -0.15) is 0 Å². The number of nitrogens with one attached hydrogen (secondary N) is 1. The molecule has 5 nitrogen and oxygen atoms in total. The number of nitrogens with zero attached hydrogens (tertiary/aromatic N) is 1. The Bertz CT molecular complexity index is 743. The second-order valence-corrected chi connectivity index (χ2v) is 8.14. The van der Waals surface area contributed by atoms with Gasteiger partial charge < -0.3 is 20.1 Å². The van der Waals surface area contributed by atoms with Gasteiger partial charge in [-0.3, -0.25) is 4.79 Å². The molecule has 1 amide bonds. The number of fused-ring (bicyclic) bond motifs is 3. The van der Waals surface area contributed by atoms with Crippen LogP contribution in [0.15, 0.2) is 6.07 Å². The highest BCUT2D eigenvalue weighted by atomic mass is 16.5. The van der Waals surface area contributed by atoms with Crippen LogP contribution >= 0.6 is 0 Å². The summed E-state index contributed by atoms with van der Waals surface area (Å²) < 4.78 is 5.79. The predicted molar refractivity (Wildman–Crippen MR) is 95.4 cm³/mol. The van der Waals surface area contributed by atoms with E-state index in [-0.39, 0.29) is 17.1 Å². The molecule has 134 valence electrons. The van der Waals surface area contributed by atoms with Gasteiger partial charge in [0.2, 0.25) is 5.91 Å². The van der Waals surface area contributed by atoms with Crippen molar-refractivity contribution in [3.8, 4) is 11.5 Å². The number of carbonyl (C=O) groups is 1. The van der Waals surface area contributed by atoms with Crippen molar-refractivity contribution in [2.24, 2.45) is 5.92 Å². The van der Waals surface area contributed by atoms with Crippen molar-refractivity contribution < 1.29 is 14.6 Å². The van der Waals surface area contributed by atoms with E-state index in [2.05, 4.69) is 5.32 Å². The Hall–Kier alpha value is -1.75. The lowest BCUT2D eigenvalue weighted by Crippen LogP contribution is -2.59. The van der Waals surface area contributed by atoms with Gasteiger partial charge in [0, 0.05) is 18.4 Å². The quantitative estimate of drug-likeness (QED) is 0.760. The first-order chi connectivity index (χ1) is 12.1. The molecule has 0 spiro atoms. The number of hydrogen-bond donors (Lipinski definition) is 2. The number of amides is 1. The number of phenols is 1. The first-order valence-corrected chi connectivity index (χ1v) is 9.65. The molecule has 2 bridgehead atoms. The fraction of sp³-hybridized carbons (Fsp3) is 0.650. The Balaban J connectivity index is 1.76. The molecule has 25 heavy (non-hydrogen) atoms. The van der Waals surface area contributed by atoms with Gasteiger partial charge in [0.15, 0.2) is 11.5 Å². The van der Waals surface area contributed by atoms with E-state index in [0.717, 1.165) is 25.1 Å². The van der Waals surface area contributed by atoms with E-state index >= 15 is 0 Å². The van der Waals surface area contributed by atoms with Gasteiger partial charge in [-0.15, -0.1) is 0 Å². The smallest absolute Gasteiger partial charge is 0.224 e. The second-order valence-electron chi connectivity index (χ2n) is 8.14. The van der Waals surface area contributed by atoms with Crippen molar-refractivity contribution in [2.45, 2.75) is 56.9 Å². The van der Waals surface area contributed by atoms with Crippen LogP contribution in [0.5, 0.6) is 11.5 Å². The Morgan fingerprint density at radius 3 is 3.12 bits per heavy atom. The zero-order valence-electron chi connectivity index (χ0n) is 14.8. The van der Waals surface area contributed by atoms with Gasteiger partial charge in [0.25, 0.3) is 0 Å². The molecule has 2 heterocycles. The maximum Gasteiger partial charge on any atom is 0.224 e. The number of phenolic OH excluding ortho intramolecular Hbond substituents is 1. The lowest BCUT2D eigenvalue weighted by Gasteiger charge is -2.56. The lowest BCUT2D eigenvalue weighted by atomic mass is 9.52. The van der Waals surface area contributed by atoms with Crippen molar-refractivity contribution in [3.05, 3.63) is 17.2 Å². The van der Waals surface area contributed by atoms with Gasteiger partial charge in [0.1, 0.15) is 6.61 Å². The first-order valence-electron chi connectivity index (χ1n) is 9.65. The molecule has 0 radical (unpaired) electrons. The number of piperidine rings is 1. The summed E-state index contributed by atoms with van der Waals surface area (Å²) in [5, 5.41) is 14.5. The molecule has 1 aromatic carbocycles. The summed E-state index contributed by atoms with van der Waals surface area (Å²) in [5.74, 6) is 1.38. The highest BCUT2D eigenvalue weighted by Gasteiger charge is 2.53. The summed E-state index contributed by atoms with van der Waals surface area (Å²) >= 11 is 0. The van der Waals surface area contributed by atoms with Crippen molar-refractivity contribution in [1.29, 1.82) is 0 Å². The van der Waals surface area contributed by atoms with Gasteiger partial charge in [-0.05, 0) is 55.3 Å². The molecule has 3 unspecified atom stereocenters. The summed E-state index contributed by atoms with van der Waals surface area (Å²) in [6, 6.07) is 2.45. The number of benzene rings is 1. The van der Waals surface area contributed by atoms with Gasteiger partial charge >= 0.3 is 0 Å². The summed E-state index contributed by atoms with van der Waals surface area (Å²) in [5.41, 5.74) is 3.53. The van der Waals surface area contributed by atoms with E-state index in [0.29, 0.717) is 30.9 Å².